The molecule has 1 unspecified atom stereocenters. The van der Waals surface area contributed by atoms with E-state index in [2.05, 4.69) is 27.2 Å². The van der Waals surface area contributed by atoms with Gasteiger partial charge < -0.3 is 5.32 Å². The second kappa shape index (κ2) is 6.00. The van der Waals surface area contributed by atoms with Crippen LogP contribution in [0.2, 0.25) is 0 Å². The third kappa shape index (κ3) is 3.41. The molecule has 5 heteroatoms. The van der Waals surface area contributed by atoms with Crippen LogP contribution < -0.4 is 5.32 Å². The number of halogens is 1. The van der Waals surface area contributed by atoms with E-state index < -0.39 is 0 Å². The SMILES string of the molecule is CN(Cc1cnccn1)C1CCNC1.Cl. The first-order valence-corrected chi connectivity index (χ1v) is 5.02. The van der Waals surface area contributed by atoms with Crippen molar-refractivity contribution in [2.45, 2.75) is 19.0 Å². The zero-order valence-electron chi connectivity index (χ0n) is 8.89. The maximum absolute atomic E-state index is 4.27. The van der Waals surface area contributed by atoms with Crippen LogP contribution in [0, 0.1) is 0 Å². The molecule has 2 rings (SSSR count). The highest BCUT2D eigenvalue weighted by molar-refractivity contribution is 5.85. The predicted octanol–water partition coefficient (Wildman–Crippen LogP) is 0.692. The van der Waals surface area contributed by atoms with Gasteiger partial charge in [-0.15, -0.1) is 12.4 Å². The van der Waals surface area contributed by atoms with Crippen LogP contribution in [-0.4, -0.2) is 41.0 Å². The molecule has 0 radical (unpaired) electrons. The number of aromatic nitrogens is 2. The second-order valence-corrected chi connectivity index (χ2v) is 3.76. The van der Waals surface area contributed by atoms with Crippen molar-refractivity contribution in [1.82, 2.24) is 20.2 Å². The van der Waals surface area contributed by atoms with Gasteiger partial charge in [0.1, 0.15) is 0 Å². The Kier molecular flexibility index (Phi) is 4.94. The molecule has 1 aromatic heterocycles. The molecule has 2 heterocycles. The quantitative estimate of drug-likeness (QED) is 0.827. The molecule has 0 spiro atoms. The largest absolute Gasteiger partial charge is 0.315 e. The van der Waals surface area contributed by atoms with Crippen molar-refractivity contribution in [2.75, 3.05) is 20.1 Å². The second-order valence-electron chi connectivity index (χ2n) is 3.76. The minimum atomic E-state index is 0. The van der Waals surface area contributed by atoms with E-state index in [-0.39, 0.29) is 12.4 Å². The van der Waals surface area contributed by atoms with Crippen LogP contribution in [0.15, 0.2) is 18.6 Å². The first-order chi connectivity index (χ1) is 6.86. The monoisotopic (exact) mass is 228 g/mol. The van der Waals surface area contributed by atoms with Crippen LogP contribution in [-0.2, 0) is 6.54 Å². The first-order valence-electron chi connectivity index (χ1n) is 5.02. The van der Waals surface area contributed by atoms with Crippen LogP contribution in [0.3, 0.4) is 0 Å². The zero-order chi connectivity index (χ0) is 9.80. The van der Waals surface area contributed by atoms with Crippen molar-refractivity contribution in [3.63, 3.8) is 0 Å². The van der Waals surface area contributed by atoms with E-state index in [0.717, 1.165) is 25.3 Å². The summed E-state index contributed by atoms with van der Waals surface area (Å²) >= 11 is 0. The topological polar surface area (TPSA) is 41.1 Å². The summed E-state index contributed by atoms with van der Waals surface area (Å²) in [5.41, 5.74) is 1.04. The lowest BCUT2D eigenvalue weighted by Crippen LogP contribution is -2.33. The van der Waals surface area contributed by atoms with Gasteiger partial charge in [-0.25, -0.2) is 0 Å². The summed E-state index contributed by atoms with van der Waals surface area (Å²) in [7, 11) is 2.15. The van der Waals surface area contributed by atoms with Crippen LogP contribution in [0.4, 0.5) is 0 Å². The lowest BCUT2D eigenvalue weighted by atomic mass is 10.2. The van der Waals surface area contributed by atoms with Crippen molar-refractivity contribution in [3.05, 3.63) is 24.3 Å². The molecule has 84 valence electrons. The summed E-state index contributed by atoms with van der Waals surface area (Å²) in [4.78, 5) is 10.7. The van der Waals surface area contributed by atoms with Crippen LogP contribution >= 0.6 is 12.4 Å². The molecule has 1 atom stereocenters. The Morgan fingerprint density at radius 2 is 2.40 bits per heavy atom. The molecule has 0 amide bonds. The fraction of sp³-hybridized carbons (Fsp3) is 0.600. The number of nitrogens with zero attached hydrogens (tertiary/aromatic N) is 3. The Labute approximate surface area is 96.5 Å². The van der Waals surface area contributed by atoms with Gasteiger partial charge in [0.25, 0.3) is 0 Å². The summed E-state index contributed by atoms with van der Waals surface area (Å²) in [6, 6.07) is 0.650. The highest BCUT2D eigenvalue weighted by Gasteiger charge is 2.19. The first kappa shape index (κ1) is 12.4. The fourth-order valence-corrected chi connectivity index (χ4v) is 1.81. The average molecular weight is 229 g/mol. The predicted molar refractivity (Wildman–Crippen MR) is 62.0 cm³/mol. The van der Waals surface area contributed by atoms with E-state index in [1.807, 2.05) is 6.20 Å². The molecule has 1 aromatic rings. The number of nitrogens with one attached hydrogen (secondary N) is 1. The third-order valence-electron chi connectivity index (χ3n) is 2.69. The van der Waals surface area contributed by atoms with Crippen molar-refractivity contribution in [3.8, 4) is 0 Å². The molecule has 0 saturated carbocycles. The molecule has 4 nitrogen and oxygen atoms in total. The number of hydrogen-bond acceptors (Lipinski definition) is 4. The normalized spacial score (nSPS) is 20.3. The average Bonchev–Trinajstić information content (AvgIpc) is 2.72. The fourth-order valence-electron chi connectivity index (χ4n) is 1.81. The van der Waals surface area contributed by atoms with Crippen molar-refractivity contribution in [2.24, 2.45) is 0 Å². The maximum Gasteiger partial charge on any atom is 0.0726 e. The number of hydrogen-bond donors (Lipinski definition) is 1. The summed E-state index contributed by atoms with van der Waals surface area (Å²) < 4.78 is 0. The molecule has 1 saturated heterocycles. The van der Waals surface area contributed by atoms with Gasteiger partial charge in [-0.2, -0.15) is 0 Å². The van der Waals surface area contributed by atoms with Gasteiger partial charge in [-0.1, -0.05) is 0 Å². The lowest BCUT2D eigenvalue weighted by Gasteiger charge is -2.22. The van der Waals surface area contributed by atoms with Gasteiger partial charge in [-0.3, -0.25) is 14.9 Å². The van der Waals surface area contributed by atoms with Gasteiger partial charge >= 0.3 is 0 Å². The Hall–Kier alpha value is -0.710. The molecular weight excluding hydrogens is 212 g/mol. The maximum atomic E-state index is 4.27. The third-order valence-corrected chi connectivity index (χ3v) is 2.69. The Morgan fingerprint density at radius 1 is 1.53 bits per heavy atom. The van der Waals surface area contributed by atoms with E-state index in [9.17, 15) is 0 Å². The molecular formula is C10H17ClN4. The number of likely N-dealkylation sites (N-methyl/N-ethyl adjacent to an activating group) is 1. The van der Waals surface area contributed by atoms with Crippen LogP contribution in [0.25, 0.3) is 0 Å². The molecule has 1 fully saturated rings. The van der Waals surface area contributed by atoms with E-state index >= 15 is 0 Å². The van der Waals surface area contributed by atoms with Crippen LogP contribution in [0.5, 0.6) is 0 Å². The summed E-state index contributed by atoms with van der Waals surface area (Å²) in [6.45, 7) is 3.12. The highest BCUT2D eigenvalue weighted by Crippen LogP contribution is 2.08. The Bertz CT molecular complexity index is 274. The van der Waals surface area contributed by atoms with Crippen molar-refractivity contribution >= 4 is 12.4 Å². The van der Waals surface area contributed by atoms with E-state index in [0.29, 0.717) is 6.04 Å². The van der Waals surface area contributed by atoms with Gasteiger partial charge in [0.15, 0.2) is 0 Å². The molecule has 0 bridgehead atoms. The summed E-state index contributed by atoms with van der Waals surface area (Å²) in [6.07, 6.45) is 6.52. The van der Waals surface area contributed by atoms with Crippen molar-refractivity contribution in [1.29, 1.82) is 0 Å². The highest BCUT2D eigenvalue weighted by atomic mass is 35.5. The van der Waals surface area contributed by atoms with E-state index in [1.54, 1.807) is 12.4 Å². The van der Waals surface area contributed by atoms with Gasteiger partial charge in [0, 0.05) is 37.7 Å². The zero-order valence-corrected chi connectivity index (χ0v) is 9.70. The summed E-state index contributed by atoms with van der Waals surface area (Å²) in [5, 5.41) is 3.36. The summed E-state index contributed by atoms with van der Waals surface area (Å²) in [5.74, 6) is 0. The minimum Gasteiger partial charge on any atom is -0.315 e. The van der Waals surface area contributed by atoms with Gasteiger partial charge in [0.05, 0.1) is 5.69 Å². The van der Waals surface area contributed by atoms with E-state index in [1.165, 1.54) is 6.42 Å². The Morgan fingerprint density at radius 3 is 3.00 bits per heavy atom. The van der Waals surface area contributed by atoms with Gasteiger partial charge in [0.2, 0.25) is 0 Å². The molecule has 15 heavy (non-hydrogen) atoms. The van der Waals surface area contributed by atoms with Gasteiger partial charge in [-0.05, 0) is 20.0 Å². The van der Waals surface area contributed by atoms with Crippen molar-refractivity contribution < 1.29 is 0 Å². The lowest BCUT2D eigenvalue weighted by molar-refractivity contribution is 0.246. The smallest absolute Gasteiger partial charge is 0.0726 e. The molecule has 0 aromatic carbocycles. The van der Waals surface area contributed by atoms with Crippen LogP contribution in [0.1, 0.15) is 12.1 Å². The Balaban J connectivity index is 0.00000112. The number of rotatable bonds is 3. The molecule has 1 N–H and O–H groups in total. The minimum absolute atomic E-state index is 0. The molecule has 1 aliphatic heterocycles. The molecule has 0 aliphatic carbocycles. The standard InChI is InChI=1S/C10H16N4.ClH/c1-14(10-2-3-11-7-10)8-9-6-12-4-5-13-9;/h4-6,10-11H,2-3,7-8H2,1H3;1H. The molecule has 1 aliphatic rings. The van der Waals surface area contributed by atoms with E-state index in [4.69, 9.17) is 0 Å².